The summed E-state index contributed by atoms with van der Waals surface area (Å²) < 4.78 is 17.3. The van der Waals surface area contributed by atoms with Gasteiger partial charge in [-0.15, -0.1) is 0 Å². The van der Waals surface area contributed by atoms with Crippen LogP contribution in [0.1, 0.15) is 200 Å². The molecule has 0 aromatic heterocycles. The zero-order chi connectivity index (χ0) is 38.5. The minimum Gasteiger partial charge on any atom is -0.477 e. The van der Waals surface area contributed by atoms with Crippen LogP contribution in [0.2, 0.25) is 0 Å². The number of nitrogens with zero attached hydrogens (tertiary/aromatic N) is 1. The minimum atomic E-state index is -0.875. The molecule has 1 N–H and O–H groups in total. The number of carbonyl (C=O) groups is 3. The number of allylic oxidation sites excluding steroid dienone is 2. The summed E-state index contributed by atoms with van der Waals surface area (Å²) in [6, 6.07) is -0.612. The van der Waals surface area contributed by atoms with Gasteiger partial charge in [-0.1, -0.05) is 154 Å². The predicted molar refractivity (Wildman–Crippen MR) is 215 cm³/mol. The number of carbonyl (C=O) groups excluding carboxylic acids is 2. The molecule has 0 aromatic carbocycles. The number of ether oxygens (including phenoxy) is 3. The summed E-state index contributed by atoms with van der Waals surface area (Å²) in [6.45, 7) is 4.73. The molecule has 0 heterocycles. The Balaban J connectivity index is 4.36. The van der Waals surface area contributed by atoms with Gasteiger partial charge in [-0.05, 0) is 38.5 Å². The van der Waals surface area contributed by atoms with Crippen LogP contribution in [0.5, 0.6) is 0 Å². The van der Waals surface area contributed by atoms with Crippen LogP contribution in [-0.4, -0.2) is 80.6 Å². The minimum absolute atomic E-state index is 0.0512. The molecule has 0 rings (SSSR count). The van der Waals surface area contributed by atoms with E-state index in [-0.39, 0.29) is 36.2 Å². The van der Waals surface area contributed by atoms with Gasteiger partial charge in [0, 0.05) is 19.3 Å². The third-order valence-electron chi connectivity index (χ3n) is 9.91. The molecule has 0 aromatic rings. The smallest absolute Gasteiger partial charge is 0.362 e. The fourth-order valence-electron chi connectivity index (χ4n) is 6.50. The third kappa shape index (κ3) is 33.9. The highest BCUT2D eigenvalue weighted by Gasteiger charge is 2.31. The molecule has 0 aliphatic carbocycles. The Bertz CT molecular complexity index is 869. The highest BCUT2D eigenvalue weighted by Crippen LogP contribution is 2.15. The van der Waals surface area contributed by atoms with E-state index in [0.29, 0.717) is 19.3 Å². The van der Waals surface area contributed by atoms with Crippen LogP contribution in [0.3, 0.4) is 0 Å². The molecular formula is C44H84NO7+. The summed E-state index contributed by atoms with van der Waals surface area (Å²) in [6.07, 6.45) is 36.7. The Kier molecular flexibility index (Phi) is 34.7. The van der Waals surface area contributed by atoms with E-state index in [1.165, 1.54) is 116 Å². The van der Waals surface area contributed by atoms with Gasteiger partial charge in [0.25, 0.3) is 0 Å². The van der Waals surface area contributed by atoms with Gasteiger partial charge in [0.1, 0.15) is 6.61 Å². The van der Waals surface area contributed by atoms with E-state index < -0.39 is 18.1 Å². The second kappa shape index (κ2) is 36.1. The third-order valence-corrected chi connectivity index (χ3v) is 9.91. The van der Waals surface area contributed by atoms with Crippen molar-refractivity contribution in [1.82, 2.24) is 0 Å². The Hall–Kier alpha value is -1.93. The summed E-state index contributed by atoms with van der Waals surface area (Å²) in [5, 5.41) is 9.60. The maximum absolute atomic E-state index is 12.7. The molecule has 0 aliphatic rings. The molecule has 2 atom stereocenters. The van der Waals surface area contributed by atoms with Gasteiger partial charge in [0.2, 0.25) is 0 Å². The average Bonchev–Trinajstić information content (AvgIpc) is 3.09. The molecule has 8 heteroatoms. The van der Waals surface area contributed by atoms with Crippen molar-refractivity contribution in [2.45, 2.75) is 212 Å². The van der Waals surface area contributed by atoms with E-state index in [9.17, 15) is 19.5 Å². The normalized spacial score (nSPS) is 13.0. The first-order chi connectivity index (χ1) is 25.1. The molecule has 0 saturated heterocycles. The van der Waals surface area contributed by atoms with Crippen LogP contribution in [0.4, 0.5) is 0 Å². The Morgan fingerprint density at radius 1 is 0.558 bits per heavy atom. The van der Waals surface area contributed by atoms with E-state index in [0.717, 1.165) is 51.4 Å². The van der Waals surface area contributed by atoms with Gasteiger partial charge in [0.15, 0.2) is 12.1 Å². The van der Waals surface area contributed by atoms with Gasteiger partial charge in [-0.25, -0.2) is 4.79 Å². The Morgan fingerprint density at radius 2 is 0.962 bits per heavy atom. The molecule has 8 nitrogen and oxygen atoms in total. The second-order valence-corrected chi connectivity index (χ2v) is 16.0. The molecule has 0 spiro atoms. The van der Waals surface area contributed by atoms with E-state index >= 15 is 0 Å². The van der Waals surface area contributed by atoms with Gasteiger partial charge < -0.3 is 23.8 Å². The summed E-state index contributed by atoms with van der Waals surface area (Å²) >= 11 is 0. The summed E-state index contributed by atoms with van der Waals surface area (Å²) in [5.74, 6) is -1.47. The van der Waals surface area contributed by atoms with E-state index in [2.05, 4.69) is 26.0 Å². The molecule has 0 radical (unpaired) electrons. The molecule has 52 heavy (non-hydrogen) atoms. The van der Waals surface area contributed by atoms with Gasteiger partial charge in [-0.3, -0.25) is 9.59 Å². The summed E-state index contributed by atoms with van der Waals surface area (Å²) in [7, 11) is 5.53. The zero-order valence-electron chi connectivity index (χ0n) is 34.8. The first kappa shape index (κ1) is 50.1. The van der Waals surface area contributed by atoms with Gasteiger partial charge in [-0.2, -0.15) is 0 Å². The van der Waals surface area contributed by atoms with Crippen molar-refractivity contribution >= 4 is 17.9 Å². The number of carboxylic acid groups (broad SMARTS) is 1. The maximum Gasteiger partial charge on any atom is 0.362 e. The van der Waals surface area contributed by atoms with Crippen molar-refractivity contribution in [2.24, 2.45) is 0 Å². The lowest BCUT2D eigenvalue weighted by Crippen LogP contribution is -2.50. The fraction of sp³-hybridized carbons (Fsp3) is 0.886. The quantitative estimate of drug-likeness (QED) is 0.0290. The highest BCUT2D eigenvalue weighted by molar-refractivity contribution is 5.72. The average molecular weight is 739 g/mol. The number of aliphatic carboxylic acids is 1. The number of likely N-dealkylation sites (N-methyl/N-ethyl adjacent to an activating group) is 1. The lowest BCUT2D eigenvalue weighted by Gasteiger charge is -2.31. The predicted octanol–water partition coefficient (Wildman–Crippen LogP) is 11.5. The molecule has 0 saturated carbocycles. The maximum atomic E-state index is 12.7. The van der Waals surface area contributed by atoms with Crippen LogP contribution in [-0.2, 0) is 28.6 Å². The number of hydrogen-bond donors (Lipinski definition) is 1. The molecule has 306 valence electrons. The van der Waals surface area contributed by atoms with Crippen molar-refractivity contribution in [3.05, 3.63) is 12.2 Å². The second-order valence-electron chi connectivity index (χ2n) is 16.0. The van der Waals surface area contributed by atoms with Crippen molar-refractivity contribution < 1.29 is 38.2 Å². The summed E-state index contributed by atoms with van der Waals surface area (Å²) in [5.41, 5.74) is 0. The van der Waals surface area contributed by atoms with Crippen LogP contribution in [0, 0.1) is 0 Å². The molecule has 0 fully saturated rings. The number of hydrogen-bond acceptors (Lipinski definition) is 6. The topological polar surface area (TPSA) is 99.1 Å². The fourth-order valence-corrected chi connectivity index (χ4v) is 6.50. The Morgan fingerprint density at radius 3 is 1.40 bits per heavy atom. The van der Waals surface area contributed by atoms with Crippen LogP contribution < -0.4 is 0 Å². The van der Waals surface area contributed by atoms with E-state index in [1.807, 2.05) is 21.1 Å². The number of esters is 2. The Labute approximate surface area is 320 Å². The monoisotopic (exact) mass is 739 g/mol. The summed E-state index contributed by atoms with van der Waals surface area (Å²) in [4.78, 5) is 36.9. The number of quaternary nitrogens is 1. The molecule has 0 bridgehead atoms. The van der Waals surface area contributed by atoms with Crippen molar-refractivity contribution in [3.8, 4) is 0 Å². The van der Waals surface area contributed by atoms with E-state index in [4.69, 9.17) is 14.2 Å². The van der Waals surface area contributed by atoms with Crippen LogP contribution in [0.15, 0.2) is 12.2 Å². The van der Waals surface area contributed by atoms with Crippen LogP contribution >= 0.6 is 0 Å². The first-order valence-corrected chi connectivity index (χ1v) is 21.7. The standard InChI is InChI=1S/C44H83NO7/c1-6-8-10-12-14-16-18-20-22-24-26-28-30-32-34-42(46)51-39-40(38-50-37-36-41(44(48)49)45(3,4)5)52-43(47)35-33-31-29-27-25-23-21-19-17-15-13-11-9-7-2/h23,25,40-41H,6-22,24,26-39H2,1-5H3/p+1/b25-23+. The SMILES string of the molecule is CCCCCCCCC/C=C/CCCCCC(=O)OC(COCCC(C(=O)O)[N+](C)(C)C)COC(=O)CCCCCCCCCCCCCCCC. The molecular weight excluding hydrogens is 654 g/mol. The lowest BCUT2D eigenvalue weighted by atomic mass is 10.0. The van der Waals surface area contributed by atoms with Crippen molar-refractivity contribution in [1.29, 1.82) is 0 Å². The number of carboxylic acids is 1. The highest BCUT2D eigenvalue weighted by atomic mass is 16.6. The zero-order valence-corrected chi connectivity index (χ0v) is 34.8. The molecule has 0 aliphatic heterocycles. The van der Waals surface area contributed by atoms with Crippen molar-refractivity contribution in [2.75, 3.05) is 41.0 Å². The number of rotatable bonds is 39. The van der Waals surface area contributed by atoms with E-state index in [1.54, 1.807) is 0 Å². The number of unbranched alkanes of at least 4 members (excludes halogenated alkanes) is 23. The molecule has 2 unspecified atom stereocenters. The van der Waals surface area contributed by atoms with Crippen LogP contribution in [0.25, 0.3) is 0 Å². The first-order valence-electron chi connectivity index (χ1n) is 21.7. The van der Waals surface area contributed by atoms with Crippen molar-refractivity contribution in [3.63, 3.8) is 0 Å². The van der Waals surface area contributed by atoms with Gasteiger partial charge >= 0.3 is 17.9 Å². The largest absolute Gasteiger partial charge is 0.477 e. The lowest BCUT2D eigenvalue weighted by molar-refractivity contribution is -0.887. The molecule has 0 amide bonds. The van der Waals surface area contributed by atoms with Gasteiger partial charge in [0.05, 0.1) is 34.4 Å².